The third-order valence-corrected chi connectivity index (χ3v) is 2.52. The number of hydrogen-bond acceptors (Lipinski definition) is 2. The van der Waals surface area contributed by atoms with Crippen LogP contribution in [0.4, 0.5) is 0 Å². The van der Waals surface area contributed by atoms with E-state index in [9.17, 15) is 4.79 Å². The van der Waals surface area contributed by atoms with Gasteiger partial charge in [-0.2, -0.15) is 0 Å². The fraction of sp³-hybridized carbons (Fsp3) is 0.417. The standard InChI is InChI=1S/C12H15NO2/c1-2-7-13-8-9-15-11-6-4-3-5-10(11)12(13)14/h3-6H,2,7-9H2,1H3. The molecule has 0 bridgehead atoms. The van der Waals surface area contributed by atoms with Crippen LogP contribution in [-0.2, 0) is 0 Å². The van der Waals surface area contributed by atoms with E-state index in [4.69, 9.17) is 4.74 Å². The molecule has 2 rings (SSSR count). The number of carbonyl (C=O) groups excluding carboxylic acids is 1. The fourth-order valence-electron chi connectivity index (χ4n) is 1.79. The number of amides is 1. The average molecular weight is 205 g/mol. The summed E-state index contributed by atoms with van der Waals surface area (Å²) in [5.74, 6) is 0.797. The molecular formula is C12H15NO2. The highest BCUT2D eigenvalue weighted by Crippen LogP contribution is 2.22. The maximum absolute atomic E-state index is 12.1. The average Bonchev–Trinajstić information content (AvgIpc) is 2.41. The molecule has 1 amide bonds. The molecule has 1 aliphatic heterocycles. The normalized spacial score (nSPS) is 15.5. The van der Waals surface area contributed by atoms with Crippen molar-refractivity contribution in [1.82, 2.24) is 4.90 Å². The van der Waals surface area contributed by atoms with Crippen LogP contribution in [-0.4, -0.2) is 30.5 Å². The zero-order chi connectivity index (χ0) is 10.7. The Morgan fingerprint density at radius 2 is 2.20 bits per heavy atom. The number of nitrogens with zero attached hydrogens (tertiary/aromatic N) is 1. The van der Waals surface area contributed by atoms with Gasteiger partial charge in [0, 0.05) is 6.54 Å². The van der Waals surface area contributed by atoms with Crippen molar-refractivity contribution in [2.24, 2.45) is 0 Å². The van der Waals surface area contributed by atoms with Crippen LogP contribution in [0.25, 0.3) is 0 Å². The van der Waals surface area contributed by atoms with E-state index < -0.39 is 0 Å². The Hall–Kier alpha value is -1.51. The van der Waals surface area contributed by atoms with Crippen LogP contribution in [0.3, 0.4) is 0 Å². The number of carbonyl (C=O) groups is 1. The first kappa shape index (κ1) is 10.0. The minimum Gasteiger partial charge on any atom is -0.491 e. The Kier molecular flexibility index (Phi) is 2.90. The maximum atomic E-state index is 12.1. The summed E-state index contributed by atoms with van der Waals surface area (Å²) in [6.45, 7) is 4.14. The first-order valence-corrected chi connectivity index (χ1v) is 5.34. The Morgan fingerprint density at radius 3 is 3.00 bits per heavy atom. The van der Waals surface area contributed by atoms with Crippen LogP contribution in [0.5, 0.6) is 5.75 Å². The van der Waals surface area contributed by atoms with Gasteiger partial charge in [-0.25, -0.2) is 0 Å². The lowest BCUT2D eigenvalue weighted by Crippen LogP contribution is -2.32. The molecule has 3 heteroatoms. The summed E-state index contributed by atoms with van der Waals surface area (Å²) in [6.07, 6.45) is 0.980. The summed E-state index contributed by atoms with van der Waals surface area (Å²) in [6, 6.07) is 7.44. The van der Waals surface area contributed by atoms with Gasteiger partial charge >= 0.3 is 0 Å². The van der Waals surface area contributed by atoms with Gasteiger partial charge in [-0.05, 0) is 18.6 Å². The van der Waals surface area contributed by atoms with Gasteiger partial charge in [0.05, 0.1) is 12.1 Å². The second-order valence-electron chi connectivity index (χ2n) is 3.64. The molecule has 0 spiro atoms. The Bertz CT molecular complexity index is 362. The molecule has 0 saturated carbocycles. The second kappa shape index (κ2) is 4.34. The summed E-state index contributed by atoms with van der Waals surface area (Å²) in [7, 11) is 0. The molecule has 0 unspecified atom stereocenters. The fourth-order valence-corrected chi connectivity index (χ4v) is 1.79. The molecule has 3 nitrogen and oxygen atoms in total. The van der Waals surface area contributed by atoms with Crippen molar-refractivity contribution < 1.29 is 9.53 Å². The molecule has 1 heterocycles. The molecule has 0 N–H and O–H groups in total. The zero-order valence-corrected chi connectivity index (χ0v) is 8.90. The van der Waals surface area contributed by atoms with Gasteiger partial charge in [0.25, 0.3) is 5.91 Å². The summed E-state index contributed by atoms with van der Waals surface area (Å²) in [4.78, 5) is 13.9. The van der Waals surface area contributed by atoms with Crippen LogP contribution in [0, 0.1) is 0 Å². The molecule has 0 radical (unpaired) electrons. The molecule has 0 fully saturated rings. The Balaban J connectivity index is 2.30. The molecule has 0 atom stereocenters. The highest BCUT2D eigenvalue weighted by molar-refractivity contribution is 5.97. The maximum Gasteiger partial charge on any atom is 0.257 e. The number of ether oxygens (including phenoxy) is 1. The van der Waals surface area contributed by atoms with Crippen molar-refractivity contribution in [3.63, 3.8) is 0 Å². The smallest absolute Gasteiger partial charge is 0.257 e. The topological polar surface area (TPSA) is 29.5 Å². The van der Waals surface area contributed by atoms with Gasteiger partial charge in [-0.1, -0.05) is 19.1 Å². The van der Waals surface area contributed by atoms with Gasteiger partial charge in [-0.3, -0.25) is 4.79 Å². The van der Waals surface area contributed by atoms with Crippen LogP contribution in [0.2, 0.25) is 0 Å². The summed E-state index contributed by atoms with van der Waals surface area (Å²) in [5, 5.41) is 0. The van der Waals surface area contributed by atoms with Crippen LogP contribution in [0.15, 0.2) is 24.3 Å². The first-order valence-electron chi connectivity index (χ1n) is 5.34. The Morgan fingerprint density at radius 1 is 1.40 bits per heavy atom. The predicted octanol–water partition coefficient (Wildman–Crippen LogP) is 1.93. The number of hydrogen-bond donors (Lipinski definition) is 0. The van der Waals surface area contributed by atoms with E-state index in [2.05, 4.69) is 6.92 Å². The van der Waals surface area contributed by atoms with Crippen molar-refractivity contribution in [2.75, 3.05) is 19.7 Å². The number of para-hydroxylation sites is 1. The van der Waals surface area contributed by atoms with E-state index in [0.29, 0.717) is 24.5 Å². The third-order valence-electron chi connectivity index (χ3n) is 2.52. The van der Waals surface area contributed by atoms with Crippen molar-refractivity contribution in [3.8, 4) is 5.75 Å². The van der Waals surface area contributed by atoms with Gasteiger partial charge in [0.1, 0.15) is 12.4 Å². The van der Waals surface area contributed by atoms with E-state index in [1.54, 1.807) is 0 Å². The lowest BCUT2D eigenvalue weighted by Gasteiger charge is -2.18. The Labute approximate surface area is 89.7 Å². The third kappa shape index (κ3) is 1.96. The van der Waals surface area contributed by atoms with E-state index in [0.717, 1.165) is 13.0 Å². The number of fused-ring (bicyclic) bond motifs is 1. The van der Waals surface area contributed by atoms with Crippen molar-refractivity contribution >= 4 is 5.91 Å². The van der Waals surface area contributed by atoms with Crippen LogP contribution >= 0.6 is 0 Å². The summed E-state index contributed by atoms with van der Waals surface area (Å²) >= 11 is 0. The molecule has 0 saturated heterocycles. The molecular weight excluding hydrogens is 190 g/mol. The molecule has 1 aromatic rings. The summed E-state index contributed by atoms with van der Waals surface area (Å²) in [5.41, 5.74) is 0.684. The van der Waals surface area contributed by atoms with E-state index in [1.165, 1.54) is 0 Å². The lowest BCUT2D eigenvalue weighted by atomic mass is 10.2. The van der Waals surface area contributed by atoms with Crippen molar-refractivity contribution in [3.05, 3.63) is 29.8 Å². The minimum absolute atomic E-state index is 0.0879. The van der Waals surface area contributed by atoms with Gasteiger partial charge in [-0.15, -0.1) is 0 Å². The predicted molar refractivity (Wildman–Crippen MR) is 58.1 cm³/mol. The molecule has 1 aliphatic rings. The SMILES string of the molecule is CCCN1CCOc2ccccc2C1=O. The van der Waals surface area contributed by atoms with E-state index in [-0.39, 0.29) is 5.91 Å². The highest BCUT2D eigenvalue weighted by atomic mass is 16.5. The molecule has 80 valence electrons. The number of rotatable bonds is 2. The first-order chi connectivity index (χ1) is 7.33. The monoisotopic (exact) mass is 205 g/mol. The van der Waals surface area contributed by atoms with E-state index in [1.807, 2.05) is 29.2 Å². The van der Waals surface area contributed by atoms with Crippen LogP contribution < -0.4 is 4.74 Å². The molecule has 1 aromatic carbocycles. The zero-order valence-electron chi connectivity index (χ0n) is 8.90. The van der Waals surface area contributed by atoms with Crippen molar-refractivity contribution in [1.29, 1.82) is 0 Å². The van der Waals surface area contributed by atoms with E-state index >= 15 is 0 Å². The van der Waals surface area contributed by atoms with Gasteiger partial charge in [0.2, 0.25) is 0 Å². The molecule has 0 aromatic heterocycles. The van der Waals surface area contributed by atoms with Gasteiger partial charge in [0.15, 0.2) is 0 Å². The van der Waals surface area contributed by atoms with Gasteiger partial charge < -0.3 is 9.64 Å². The quantitative estimate of drug-likeness (QED) is 0.738. The minimum atomic E-state index is 0.0879. The van der Waals surface area contributed by atoms with Crippen LogP contribution in [0.1, 0.15) is 23.7 Å². The molecule has 15 heavy (non-hydrogen) atoms. The number of benzene rings is 1. The second-order valence-corrected chi connectivity index (χ2v) is 3.64. The highest BCUT2D eigenvalue weighted by Gasteiger charge is 2.21. The molecule has 0 aliphatic carbocycles. The summed E-state index contributed by atoms with van der Waals surface area (Å²) < 4.78 is 5.53. The largest absolute Gasteiger partial charge is 0.491 e. The van der Waals surface area contributed by atoms with Crippen molar-refractivity contribution in [2.45, 2.75) is 13.3 Å². The lowest BCUT2D eigenvalue weighted by molar-refractivity contribution is 0.0756.